The first kappa shape index (κ1) is 12.6. The first-order valence-electron chi connectivity index (χ1n) is 3.54. The number of carbonyl (C=O) groups excluding carboxylic acids is 2. The van der Waals surface area contributed by atoms with Gasteiger partial charge >= 0.3 is 12.0 Å². The van der Waals surface area contributed by atoms with Crippen LogP contribution >= 0.6 is 0 Å². The molecule has 4 N–H and O–H groups in total. The maximum absolute atomic E-state index is 11.1. The summed E-state index contributed by atoms with van der Waals surface area (Å²) in [6.07, 6.45) is 0. The molecule has 14 heavy (non-hydrogen) atoms. The van der Waals surface area contributed by atoms with E-state index >= 15 is 0 Å². The second-order valence-electron chi connectivity index (χ2n) is 2.42. The van der Waals surface area contributed by atoms with Gasteiger partial charge < -0.3 is 10.8 Å². The molecule has 0 spiro atoms. The van der Waals surface area contributed by atoms with Gasteiger partial charge in [0.25, 0.3) is 0 Å². The van der Waals surface area contributed by atoms with Crippen LogP contribution in [-0.2, 0) is 20.4 Å². The summed E-state index contributed by atoms with van der Waals surface area (Å²) >= 11 is 0. The average Bonchev–Trinajstić information content (AvgIpc) is 2.00. The maximum atomic E-state index is 11.1. The number of carboxylic acids is 1. The van der Waals surface area contributed by atoms with Crippen LogP contribution < -0.4 is 11.1 Å². The van der Waals surface area contributed by atoms with E-state index in [0.29, 0.717) is 0 Å². The standard InChI is InChI=1S/C6H10N2O5S/c1-3(5(10)11)14(13)2-4(9)8-6(7)12/h3H,2H2,1H3,(H,10,11)(H3,7,8,9,12). The van der Waals surface area contributed by atoms with Gasteiger partial charge in [-0.15, -0.1) is 0 Å². The van der Waals surface area contributed by atoms with Gasteiger partial charge in [0, 0.05) is 10.8 Å². The van der Waals surface area contributed by atoms with Crippen LogP contribution in [0.5, 0.6) is 0 Å². The third kappa shape index (κ3) is 4.55. The van der Waals surface area contributed by atoms with E-state index in [1.165, 1.54) is 6.92 Å². The molecule has 2 unspecified atom stereocenters. The molecule has 0 aliphatic heterocycles. The molecule has 7 nitrogen and oxygen atoms in total. The first-order chi connectivity index (χ1) is 6.34. The van der Waals surface area contributed by atoms with Gasteiger partial charge in [0.05, 0.1) is 0 Å². The molecule has 2 atom stereocenters. The quantitative estimate of drug-likeness (QED) is 0.528. The molecule has 0 saturated carbocycles. The van der Waals surface area contributed by atoms with Gasteiger partial charge in [-0.05, 0) is 6.92 Å². The highest BCUT2D eigenvalue weighted by Crippen LogP contribution is 1.95. The Bertz CT molecular complexity index is 290. The molecule has 80 valence electrons. The lowest BCUT2D eigenvalue weighted by atomic mass is 10.5. The van der Waals surface area contributed by atoms with Gasteiger partial charge in [-0.3, -0.25) is 19.1 Å². The number of hydrogen-bond donors (Lipinski definition) is 3. The predicted molar refractivity (Wildman–Crippen MR) is 47.8 cm³/mol. The van der Waals surface area contributed by atoms with Crippen molar-refractivity contribution in [3.05, 3.63) is 0 Å². The Morgan fingerprint density at radius 3 is 2.36 bits per heavy atom. The van der Waals surface area contributed by atoms with Crippen molar-refractivity contribution in [2.24, 2.45) is 5.73 Å². The van der Waals surface area contributed by atoms with Crippen molar-refractivity contribution in [2.75, 3.05) is 5.75 Å². The Morgan fingerprint density at radius 1 is 1.50 bits per heavy atom. The largest absolute Gasteiger partial charge is 0.480 e. The number of nitrogens with one attached hydrogen (secondary N) is 1. The van der Waals surface area contributed by atoms with Crippen molar-refractivity contribution >= 4 is 28.7 Å². The summed E-state index contributed by atoms with van der Waals surface area (Å²) in [5.74, 6) is -2.68. The summed E-state index contributed by atoms with van der Waals surface area (Å²) in [6.45, 7) is 1.20. The van der Waals surface area contributed by atoms with Crippen molar-refractivity contribution in [1.29, 1.82) is 0 Å². The highest BCUT2D eigenvalue weighted by atomic mass is 32.2. The van der Waals surface area contributed by atoms with E-state index in [0.717, 1.165) is 0 Å². The highest BCUT2D eigenvalue weighted by Gasteiger charge is 2.21. The number of urea groups is 1. The van der Waals surface area contributed by atoms with Crippen LogP contribution in [-0.4, -0.2) is 38.2 Å². The van der Waals surface area contributed by atoms with E-state index in [1.54, 1.807) is 5.32 Å². The summed E-state index contributed by atoms with van der Waals surface area (Å²) in [5, 5.41) is 8.95. The van der Waals surface area contributed by atoms with Gasteiger partial charge in [-0.2, -0.15) is 0 Å². The van der Waals surface area contributed by atoms with Gasteiger partial charge in [-0.25, -0.2) is 4.79 Å². The molecule has 0 rings (SSSR count). The lowest BCUT2D eigenvalue weighted by Gasteiger charge is -2.05. The minimum atomic E-state index is -1.86. The summed E-state index contributed by atoms with van der Waals surface area (Å²) in [4.78, 5) is 31.3. The number of carboxylic acid groups (broad SMARTS) is 1. The molecule has 8 heteroatoms. The predicted octanol–water partition coefficient (Wildman–Crippen LogP) is -1.60. The zero-order chi connectivity index (χ0) is 11.3. The number of amides is 3. The van der Waals surface area contributed by atoms with E-state index in [4.69, 9.17) is 5.11 Å². The average molecular weight is 222 g/mol. The third-order valence-electron chi connectivity index (χ3n) is 1.28. The number of hydrogen-bond acceptors (Lipinski definition) is 4. The Labute approximate surface area is 82.1 Å². The minimum absolute atomic E-state index is 0.559. The lowest BCUT2D eigenvalue weighted by Crippen LogP contribution is -2.39. The fourth-order valence-electron chi connectivity index (χ4n) is 0.540. The number of primary amides is 1. The maximum Gasteiger partial charge on any atom is 0.318 e. The fraction of sp³-hybridized carbons (Fsp3) is 0.500. The highest BCUT2D eigenvalue weighted by molar-refractivity contribution is 7.87. The molecule has 0 radical (unpaired) electrons. The fourth-order valence-corrected chi connectivity index (χ4v) is 1.35. The molecular weight excluding hydrogens is 212 g/mol. The zero-order valence-electron chi connectivity index (χ0n) is 7.35. The summed E-state index contributed by atoms with van der Waals surface area (Å²) in [5.41, 5.74) is 4.62. The van der Waals surface area contributed by atoms with Gasteiger partial charge in [-0.1, -0.05) is 0 Å². The monoisotopic (exact) mass is 222 g/mol. The molecule has 0 saturated heterocycles. The van der Waals surface area contributed by atoms with Crippen LogP contribution in [0.1, 0.15) is 6.92 Å². The first-order valence-corrected chi connectivity index (χ1v) is 4.92. The molecule has 0 aliphatic rings. The summed E-state index contributed by atoms with van der Waals surface area (Å²) < 4.78 is 11.1. The van der Waals surface area contributed by atoms with Crippen LogP contribution in [0, 0.1) is 0 Å². The van der Waals surface area contributed by atoms with Crippen LogP contribution in [0.15, 0.2) is 0 Å². The SMILES string of the molecule is CC(C(=O)O)S(=O)CC(=O)NC(N)=O. The Morgan fingerprint density at radius 2 is 2.00 bits per heavy atom. The van der Waals surface area contributed by atoms with Crippen LogP contribution in [0.25, 0.3) is 0 Å². The van der Waals surface area contributed by atoms with Crippen LogP contribution in [0.2, 0.25) is 0 Å². The second kappa shape index (κ2) is 5.32. The second-order valence-corrected chi connectivity index (χ2v) is 4.18. The van der Waals surface area contributed by atoms with E-state index in [2.05, 4.69) is 5.73 Å². The van der Waals surface area contributed by atoms with Crippen molar-refractivity contribution in [1.82, 2.24) is 5.32 Å². The molecule has 0 bridgehead atoms. The van der Waals surface area contributed by atoms with E-state index in [-0.39, 0.29) is 0 Å². The van der Waals surface area contributed by atoms with Crippen molar-refractivity contribution in [3.8, 4) is 0 Å². The molecule has 0 aliphatic carbocycles. The van der Waals surface area contributed by atoms with E-state index < -0.39 is 39.7 Å². The van der Waals surface area contributed by atoms with Crippen molar-refractivity contribution in [2.45, 2.75) is 12.2 Å². The summed E-state index contributed by atoms with van der Waals surface area (Å²) in [6, 6.07) is -1.06. The van der Waals surface area contributed by atoms with E-state index in [9.17, 15) is 18.6 Å². The number of aliphatic carboxylic acids is 1. The Kier molecular flexibility index (Phi) is 4.78. The molecule has 3 amide bonds. The smallest absolute Gasteiger partial charge is 0.318 e. The van der Waals surface area contributed by atoms with Gasteiger partial charge in [0.1, 0.15) is 11.0 Å². The molecule has 0 heterocycles. The Balaban J connectivity index is 4.13. The van der Waals surface area contributed by atoms with Gasteiger partial charge in [0.2, 0.25) is 5.91 Å². The molecule has 0 aromatic carbocycles. The van der Waals surface area contributed by atoms with Crippen LogP contribution in [0.3, 0.4) is 0 Å². The molecule has 0 aromatic rings. The number of rotatable bonds is 4. The summed E-state index contributed by atoms with van der Waals surface area (Å²) in [7, 11) is -1.86. The van der Waals surface area contributed by atoms with Crippen molar-refractivity contribution < 1.29 is 23.7 Å². The zero-order valence-corrected chi connectivity index (χ0v) is 8.17. The minimum Gasteiger partial charge on any atom is -0.480 e. The van der Waals surface area contributed by atoms with Gasteiger partial charge in [0.15, 0.2) is 0 Å². The molecular formula is C6H10N2O5S. The Hall–Kier alpha value is -1.44. The third-order valence-corrected chi connectivity index (χ3v) is 2.82. The lowest BCUT2D eigenvalue weighted by molar-refractivity contribution is -0.136. The van der Waals surface area contributed by atoms with Crippen LogP contribution in [0.4, 0.5) is 4.79 Å². The topological polar surface area (TPSA) is 127 Å². The van der Waals surface area contributed by atoms with E-state index in [1.807, 2.05) is 0 Å². The number of imide groups is 1. The number of nitrogens with two attached hydrogens (primary N) is 1. The molecule has 0 fully saturated rings. The molecule has 0 aromatic heterocycles. The van der Waals surface area contributed by atoms with Crippen molar-refractivity contribution in [3.63, 3.8) is 0 Å². The number of carbonyl (C=O) groups is 3. The normalized spacial score (nSPS) is 14.1.